The van der Waals surface area contributed by atoms with Crippen LogP contribution in [0, 0.1) is 5.41 Å². The van der Waals surface area contributed by atoms with Gasteiger partial charge in [-0.05, 0) is 13.6 Å². The lowest BCUT2D eigenvalue weighted by Gasteiger charge is -2.19. The second kappa shape index (κ2) is 4.61. The quantitative estimate of drug-likeness (QED) is 0.644. The highest BCUT2D eigenvalue weighted by Gasteiger charge is 2.20. The molecule has 0 aromatic heterocycles. The Balaban J connectivity index is 3.73. The number of rotatable bonds is 4. The van der Waals surface area contributed by atoms with E-state index < -0.39 is 0 Å². The van der Waals surface area contributed by atoms with E-state index in [2.05, 4.69) is 11.8 Å². The first-order chi connectivity index (χ1) is 5.38. The van der Waals surface area contributed by atoms with Gasteiger partial charge in [-0.2, -0.15) is 0 Å². The molecule has 0 aromatic rings. The molecule has 0 unspecified atom stereocenters. The molecule has 0 saturated carbocycles. The van der Waals surface area contributed by atoms with E-state index in [1.54, 1.807) is 0 Å². The molecule has 0 radical (unpaired) electrons. The maximum absolute atomic E-state index is 11.5. The van der Waals surface area contributed by atoms with E-state index in [1.807, 2.05) is 27.8 Å². The molecule has 0 aliphatic carbocycles. The van der Waals surface area contributed by atoms with Gasteiger partial charge in [0.25, 0.3) is 0 Å². The van der Waals surface area contributed by atoms with Crippen LogP contribution in [0.2, 0.25) is 0 Å². The third-order valence-electron chi connectivity index (χ3n) is 2.10. The van der Waals surface area contributed by atoms with Gasteiger partial charge in [-0.3, -0.25) is 4.79 Å². The van der Waals surface area contributed by atoms with Crippen LogP contribution in [0.25, 0.3) is 0 Å². The maximum Gasteiger partial charge on any atom is 0.139 e. The van der Waals surface area contributed by atoms with Gasteiger partial charge in [-0.1, -0.05) is 27.7 Å². The Morgan fingerprint density at radius 2 is 1.83 bits per heavy atom. The molecule has 0 aromatic carbocycles. The molecule has 0 amide bonds. The van der Waals surface area contributed by atoms with E-state index >= 15 is 0 Å². The second-order valence-electron chi connectivity index (χ2n) is 4.32. The van der Waals surface area contributed by atoms with Crippen LogP contribution in [0.1, 0.15) is 34.1 Å². The van der Waals surface area contributed by atoms with Gasteiger partial charge in [0.15, 0.2) is 0 Å². The SMILES string of the molecule is CCN(C)CCC(=O)C(C)(C)C. The van der Waals surface area contributed by atoms with Gasteiger partial charge in [0.1, 0.15) is 5.78 Å². The van der Waals surface area contributed by atoms with Gasteiger partial charge < -0.3 is 4.90 Å². The number of ketones is 1. The van der Waals surface area contributed by atoms with E-state index in [4.69, 9.17) is 0 Å². The molecule has 0 rings (SSSR count). The molecule has 0 spiro atoms. The van der Waals surface area contributed by atoms with Crippen molar-refractivity contribution in [3.05, 3.63) is 0 Å². The minimum atomic E-state index is -0.172. The first-order valence-electron chi connectivity index (χ1n) is 4.59. The smallest absolute Gasteiger partial charge is 0.139 e. The highest BCUT2D eigenvalue weighted by atomic mass is 16.1. The number of hydrogen-bond donors (Lipinski definition) is 0. The van der Waals surface area contributed by atoms with E-state index in [9.17, 15) is 4.79 Å². The van der Waals surface area contributed by atoms with Crippen molar-refractivity contribution in [3.63, 3.8) is 0 Å². The Morgan fingerprint density at radius 3 is 2.17 bits per heavy atom. The standard InChI is InChI=1S/C10H21NO/c1-6-11(5)8-7-9(12)10(2,3)4/h6-8H2,1-5H3. The molecule has 0 atom stereocenters. The molecule has 0 bridgehead atoms. The van der Waals surface area contributed by atoms with E-state index in [0.717, 1.165) is 13.1 Å². The minimum Gasteiger partial charge on any atom is -0.306 e. The summed E-state index contributed by atoms with van der Waals surface area (Å²) in [5.74, 6) is 0.350. The van der Waals surface area contributed by atoms with Crippen molar-refractivity contribution in [3.8, 4) is 0 Å². The van der Waals surface area contributed by atoms with Crippen molar-refractivity contribution < 1.29 is 4.79 Å². The lowest BCUT2D eigenvalue weighted by Crippen LogP contribution is -2.27. The molecule has 2 nitrogen and oxygen atoms in total. The summed E-state index contributed by atoms with van der Waals surface area (Å²) in [6.45, 7) is 9.91. The van der Waals surface area contributed by atoms with Crippen molar-refractivity contribution in [1.82, 2.24) is 4.90 Å². The normalized spacial score (nSPS) is 12.2. The predicted molar refractivity (Wildman–Crippen MR) is 52.3 cm³/mol. The summed E-state index contributed by atoms with van der Waals surface area (Å²) in [5.41, 5.74) is -0.172. The zero-order chi connectivity index (χ0) is 9.78. The fraction of sp³-hybridized carbons (Fsp3) is 0.900. The monoisotopic (exact) mass is 171 g/mol. The van der Waals surface area contributed by atoms with Crippen LogP contribution in [0.4, 0.5) is 0 Å². The Morgan fingerprint density at radius 1 is 1.33 bits per heavy atom. The highest BCUT2D eigenvalue weighted by Crippen LogP contribution is 2.16. The molecule has 0 aliphatic rings. The molecule has 0 N–H and O–H groups in total. The lowest BCUT2D eigenvalue weighted by atomic mass is 9.89. The largest absolute Gasteiger partial charge is 0.306 e. The highest BCUT2D eigenvalue weighted by molar-refractivity contribution is 5.83. The molecule has 2 heteroatoms. The number of carbonyl (C=O) groups excluding carboxylic acids is 1. The van der Waals surface area contributed by atoms with E-state index in [0.29, 0.717) is 12.2 Å². The van der Waals surface area contributed by atoms with Crippen LogP contribution >= 0.6 is 0 Å². The zero-order valence-electron chi connectivity index (χ0n) is 8.98. The Bertz CT molecular complexity index is 146. The van der Waals surface area contributed by atoms with Crippen LogP contribution in [-0.2, 0) is 4.79 Å². The third-order valence-corrected chi connectivity index (χ3v) is 2.10. The molecular weight excluding hydrogens is 150 g/mol. The molecule has 12 heavy (non-hydrogen) atoms. The van der Waals surface area contributed by atoms with Gasteiger partial charge in [0, 0.05) is 18.4 Å². The molecule has 72 valence electrons. The Hall–Kier alpha value is -0.370. The van der Waals surface area contributed by atoms with Crippen molar-refractivity contribution in [1.29, 1.82) is 0 Å². The van der Waals surface area contributed by atoms with Gasteiger partial charge in [-0.15, -0.1) is 0 Å². The lowest BCUT2D eigenvalue weighted by molar-refractivity contribution is -0.126. The number of Topliss-reactive ketones (excluding diaryl/α,β-unsaturated/α-hetero) is 1. The van der Waals surface area contributed by atoms with Gasteiger partial charge >= 0.3 is 0 Å². The van der Waals surface area contributed by atoms with Gasteiger partial charge in [0.05, 0.1) is 0 Å². The van der Waals surface area contributed by atoms with Crippen LogP contribution in [0.15, 0.2) is 0 Å². The molecule has 0 aliphatic heterocycles. The van der Waals surface area contributed by atoms with Crippen molar-refractivity contribution in [2.75, 3.05) is 20.1 Å². The fourth-order valence-electron chi connectivity index (χ4n) is 0.826. The second-order valence-corrected chi connectivity index (χ2v) is 4.32. The third kappa shape index (κ3) is 4.50. The van der Waals surface area contributed by atoms with Crippen molar-refractivity contribution >= 4 is 5.78 Å². The maximum atomic E-state index is 11.5. The number of nitrogens with zero attached hydrogens (tertiary/aromatic N) is 1. The summed E-state index contributed by atoms with van der Waals surface area (Å²) in [7, 11) is 2.04. The first-order valence-corrected chi connectivity index (χ1v) is 4.59. The van der Waals surface area contributed by atoms with Crippen LogP contribution in [0.3, 0.4) is 0 Å². The molecule has 0 heterocycles. The summed E-state index contributed by atoms with van der Waals surface area (Å²) in [6.07, 6.45) is 0.674. The minimum absolute atomic E-state index is 0.172. The van der Waals surface area contributed by atoms with Gasteiger partial charge in [-0.25, -0.2) is 0 Å². The number of carbonyl (C=O) groups is 1. The predicted octanol–water partition coefficient (Wildman–Crippen LogP) is 1.94. The molecule has 0 saturated heterocycles. The molecule has 0 fully saturated rings. The van der Waals surface area contributed by atoms with Crippen molar-refractivity contribution in [2.45, 2.75) is 34.1 Å². The topological polar surface area (TPSA) is 20.3 Å². The molecular formula is C10H21NO. The van der Waals surface area contributed by atoms with Crippen LogP contribution in [-0.4, -0.2) is 30.8 Å². The Labute approximate surface area is 75.9 Å². The first kappa shape index (κ1) is 11.6. The zero-order valence-corrected chi connectivity index (χ0v) is 8.98. The summed E-state index contributed by atoms with van der Waals surface area (Å²) in [5, 5.41) is 0. The summed E-state index contributed by atoms with van der Waals surface area (Å²) in [6, 6.07) is 0. The summed E-state index contributed by atoms with van der Waals surface area (Å²) < 4.78 is 0. The summed E-state index contributed by atoms with van der Waals surface area (Å²) in [4.78, 5) is 13.6. The van der Waals surface area contributed by atoms with Crippen molar-refractivity contribution in [2.24, 2.45) is 5.41 Å². The average Bonchev–Trinajstić information content (AvgIpc) is 1.97. The van der Waals surface area contributed by atoms with E-state index in [-0.39, 0.29) is 5.41 Å². The fourth-order valence-corrected chi connectivity index (χ4v) is 0.826. The van der Waals surface area contributed by atoms with Crippen LogP contribution < -0.4 is 0 Å². The summed E-state index contributed by atoms with van der Waals surface area (Å²) >= 11 is 0. The average molecular weight is 171 g/mol. The van der Waals surface area contributed by atoms with E-state index in [1.165, 1.54) is 0 Å². The Kier molecular flexibility index (Phi) is 4.46. The van der Waals surface area contributed by atoms with Crippen LogP contribution in [0.5, 0.6) is 0 Å². The van der Waals surface area contributed by atoms with Gasteiger partial charge in [0.2, 0.25) is 0 Å². The number of hydrogen-bond acceptors (Lipinski definition) is 2.